The Balaban J connectivity index is 1.52. The van der Waals surface area contributed by atoms with Gasteiger partial charge < -0.3 is 10.4 Å². The normalized spacial score (nSPS) is 20.8. The Bertz CT molecular complexity index is 739. The number of amides is 1. The molecule has 0 unspecified atom stereocenters. The lowest BCUT2D eigenvalue weighted by Crippen LogP contribution is -2.38. The summed E-state index contributed by atoms with van der Waals surface area (Å²) in [7, 11) is 0. The minimum atomic E-state index is -0.0558. The maximum Gasteiger partial charge on any atom is 0.239 e. The fourth-order valence-electron chi connectivity index (χ4n) is 3.51. The van der Waals surface area contributed by atoms with Crippen LogP contribution in [0, 0.1) is 0 Å². The second kappa shape index (κ2) is 6.98. The number of anilines is 1. The predicted octanol–water partition coefficient (Wildman–Crippen LogP) is 2.14. The molecule has 1 aromatic carbocycles. The summed E-state index contributed by atoms with van der Waals surface area (Å²) in [6.45, 7) is 1.29. The van der Waals surface area contributed by atoms with Crippen molar-refractivity contribution in [2.75, 3.05) is 25.0 Å². The number of aliphatic hydroxyl groups excluding tert-OH is 1. The van der Waals surface area contributed by atoms with Crippen molar-refractivity contribution in [2.24, 2.45) is 0 Å². The fourth-order valence-corrected chi connectivity index (χ4v) is 3.51. The molecule has 1 saturated carbocycles. The summed E-state index contributed by atoms with van der Waals surface area (Å²) in [5.41, 5.74) is 1.99. The van der Waals surface area contributed by atoms with Crippen LogP contribution in [-0.4, -0.2) is 51.4 Å². The van der Waals surface area contributed by atoms with Gasteiger partial charge >= 0.3 is 0 Å². The van der Waals surface area contributed by atoms with Crippen molar-refractivity contribution < 1.29 is 9.90 Å². The van der Waals surface area contributed by atoms with Gasteiger partial charge in [0.05, 0.1) is 24.5 Å². The first-order valence-electron chi connectivity index (χ1n) is 9.05. The molecule has 6 heteroatoms. The molecule has 1 amide bonds. The number of hydrogen-bond donors (Lipinski definition) is 2. The third kappa shape index (κ3) is 3.60. The van der Waals surface area contributed by atoms with Crippen LogP contribution in [0.5, 0.6) is 0 Å². The zero-order valence-corrected chi connectivity index (χ0v) is 14.3. The summed E-state index contributed by atoms with van der Waals surface area (Å²) in [5, 5.41) is 17.1. The van der Waals surface area contributed by atoms with Gasteiger partial charge in [0, 0.05) is 18.0 Å². The van der Waals surface area contributed by atoms with Crippen LogP contribution >= 0.6 is 0 Å². The molecule has 2 aromatic rings. The quantitative estimate of drug-likeness (QED) is 0.845. The van der Waals surface area contributed by atoms with Crippen LogP contribution in [0.4, 0.5) is 5.82 Å². The van der Waals surface area contributed by atoms with E-state index in [1.54, 1.807) is 0 Å². The van der Waals surface area contributed by atoms with E-state index in [4.69, 9.17) is 5.10 Å². The first-order chi connectivity index (χ1) is 12.2. The van der Waals surface area contributed by atoms with Crippen LogP contribution in [0.25, 0.3) is 5.69 Å². The highest BCUT2D eigenvalue weighted by molar-refractivity contribution is 5.91. The number of nitrogens with one attached hydrogen (secondary N) is 1. The maximum absolute atomic E-state index is 12.5. The molecular weight excluding hydrogens is 316 g/mol. The molecule has 6 nitrogen and oxygen atoms in total. The van der Waals surface area contributed by atoms with Crippen LogP contribution < -0.4 is 5.32 Å². The minimum absolute atomic E-state index is 0.0558. The van der Waals surface area contributed by atoms with Gasteiger partial charge in [-0.05, 0) is 44.4 Å². The Kier molecular flexibility index (Phi) is 4.55. The molecule has 4 rings (SSSR count). The van der Waals surface area contributed by atoms with Crippen molar-refractivity contribution in [3.8, 4) is 5.69 Å². The standard InChI is InChI=1S/C19H24N4O2/c24-13-16-7-4-10-22(16)12-19(25)20-18-11-17(14-8-9-14)21-23(18)15-5-2-1-3-6-15/h1-3,5-6,11,14,16,24H,4,7-10,12-13H2,(H,20,25)/t16-/m1/s1. The SMILES string of the molecule is O=C(CN1CCC[C@@H]1CO)Nc1cc(C2CC2)nn1-c1ccccc1. The van der Waals surface area contributed by atoms with Gasteiger partial charge in [-0.25, -0.2) is 4.68 Å². The number of carbonyl (C=O) groups is 1. The van der Waals surface area contributed by atoms with Crippen molar-refractivity contribution in [1.29, 1.82) is 0 Å². The Morgan fingerprint density at radius 1 is 1.24 bits per heavy atom. The third-order valence-corrected chi connectivity index (χ3v) is 5.05. The van der Waals surface area contributed by atoms with E-state index in [1.165, 1.54) is 12.8 Å². The Hall–Kier alpha value is -2.18. The predicted molar refractivity (Wildman–Crippen MR) is 95.8 cm³/mol. The molecule has 25 heavy (non-hydrogen) atoms. The molecule has 0 bridgehead atoms. The van der Waals surface area contributed by atoms with Gasteiger partial charge in [0.25, 0.3) is 0 Å². The Labute approximate surface area is 147 Å². The molecule has 132 valence electrons. The summed E-state index contributed by atoms with van der Waals surface area (Å²) in [4.78, 5) is 14.6. The van der Waals surface area contributed by atoms with E-state index in [2.05, 4.69) is 10.2 Å². The lowest BCUT2D eigenvalue weighted by molar-refractivity contribution is -0.117. The van der Waals surface area contributed by atoms with E-state index < -0.39 is 0 Å². The number of benzene rings is 1. The first-order valence-corrected chi connectivity index (χ1v) is 9.05. The van der Waals surface area contributed by atoms with Crippen LogP contribution in [0.2, 0.25) is 0 Å². The zero-order valence-electron chi connectivity index (χ0n) is 14.3. The first kappa shape index (κ1) is 16.3. The van der Waals surface area contributed by atoms with Gasteiger partial charge in [-0.3, -0.25) is 9.69 Å². The molecule has 0 spiro atoms. The number of hydrogen-bond acceptors (Lipinski definition) is 4. The number of aromatic nitrogens is 2. The summed E-state index contributed by atoms with van der Waals surface area (Å²) in [6, 6.07) is 12.0. The smallest absolute Gasteiger partial charge is 0.239 e. The second-order valence-corrected chi connectivity index (χ2v) is 6.97. The largest absolute Gasteiger partial charge is 0.395 e. The molecule has 1 aromatic heterocycles. The molecule has 0 radical (unpaired) electrons. The number of para-hydroxylation sites is 1. The van der Waals surface area contributed by atoms with Crippen LogP contribution in [-0.2, 0) is 4.79 Å². The number of carbonyl (C=O) groups excluding carboxylic acids is 1. The average molecular weight is 340 g/mol. The van der Waals surface area contributed by atoms with Gasteiger partial charge in [0.2, 0.25) is 5.91 Å². The van der Waals surface area contributed by atoms with Gasteiger partial charge in [-0.15, -0.1) is 0 Å². The molecule has 2 fully saturated rings. The summed E-state index contributed by atoms with van der Waals surface area (Å²) >= 11 is 0. The molecule has 1 saturated heterocycles. The van der Waals surface area contributed by atoms with Crippen molar-refractivity contribution in [1.82, 2.24) is 14.7 Å². The van der Waals surface area contributed by atoms with Crippen LogP contribution in [0.1, 0.15) is 37.3 Å². The second-order valence-electron chi connectivity index (χ2n) is 6.97. The molecule has 2 heterocycles. The van der Waals surface area contributed by atoms with E-state index in [1.807, 2.05) is 41.1 Å². The summed E-state index contributed by atoms with van der Waals surface area (Å²) in [6.07, 6.45) is 4.33. The van der Waals surface area contributed by atoms with E-state index in [9.17, 15) is 9.90 Å². The van der Waals surface area contributed by atoms with Crippen molar-refractivity contribution in [2.45, 2.75) is 37.6 Å². The topological polar surface area (TPSA) is 70.4 Å². The highest BCUT2D eigenvalue weighted by Gasteiger charge is 2.29. The van der Waals surface area contributed by atoms with E-state index >= 15 is 0 Å². The molecule has 2 aliphatic rings. The van der Waals surface area contributed by atoms with Gasteiger partial charge in [0.15, 0.2) is 0 Å². The van der Waals surface area contributed by atoms with Crippen LogP contribution in [0.15, 0.2) is 36.4 Å². The maximum atomic E-state index is 12.5. The highest BCUT2D eigenvalue weighted by atomic mass is 16.3. The molecule has 1 aliphatic heterocycles. The van der Waals surface area contributed by atoms with Gasteiger partial charge in [-0.1, -0.05) is 18.2 Å². The summed E-state index contributed by atoms with van der Waals surface area (Å²) in [5.74, 6) is 1.19. The number of rotatable bonds is 6. The fraction of sp³-hybridized carbons (Fsp3) is 0.474. The molecule has 1 atom stereocenters. The molecule has 1 aliphatic carbocycles. The van der Waals surface area contributed by atoms with Gasteiger partial charge in [-0.2, -0.15) is 5.10 Å². The van der Waals surface area contributed by atoms with E-state index in [-0.39, 0.29) is 18.6 Å². The van der Waals surface area contributed by atoms with Crippen molar-refractivity contribution in [3.63, 3.8) is 0 Å². The minimum Gasteiger partial charge on any atom is -0.395 e. The molecular formula is C19H24N4O2. The number of nitrogens with zero attached hydrogens (tertiary/aromatic N) is 3. The van der Waals surface area contributed by atoms with Crippen LogP contribution in [0.3, 0.4) is 0 Å². The Morgan fingerprint density at radius 2 is 2.04 bits per heavy atom. The number of aliphatic hydroxyl groups is 1. The van der Waals surface area contributed by atoms with E-state index in [0.29, 0.717) is 12.5 Å². The van der Waals surface area contributed by atoms with E-state index in [0.717, 1.165) is 36.6 Å². The van der Waals surface area contributed by atoms with Crippen molar-refractivity contribution >= 4 is 11.7 Å². The lowest BCUT2D eigenvalue weighted by Gasteiger charge is -2.21. The third-order valence-electron chi connectivity index (χ3n) is 5.05. The lowest BCUT2D eigenvalue weighted by atomic mass is 10.2. The summed E-state index contributed by atoms with van der Waals surface area (Å²) < 4.78 is 1.82. The Morgan fingerprint density at radius 3 is 2.76 bits per heavy atom. The highest BCUT2D eigenvalue weighted by Crippen LogP contribution is 2.40. The van der Waals surface area contributed by atoms with Crippen molar-refractivity contribution in [3.05, 3.63) is 42.1 Å². The average Bonchev–Trinajstić information content (AvgIpc) is 3.25. The molecule has 2 N–H and O–H groups in total. The zero-order chi connectivity index (χ0) is 17.2. The number of likely N-dealkylation sites (tertiary alicyclic amines) is 1. The van der Waals surface area contributed by atoms with Gasteiger partial charge in [0.1, 0.15) is 5.82 Å². The monoisotopic (exact) mass is 340 g/mol.